The van der Waals surface area contributed by atoms with E-state index in [-0.39, 0.29) is 11.6 Å². The molecule has 12 rings (SSSR count). The van der Waals surface area contributed by atoms with Gasteiger partial charge in [0.25, 0.3) is 0 Å². The summed E-state index contributed by atoms with van der Waals surface area (Å²) in [4.78, 5) is 4.26. The van der Waals surface area contributed by atoms with E-state index in [4.69, 9.17) is 0 Å². The van der Waals surface area contributed by atoms with Crippen molar-refractivity contribution >= 4 is 119 Å². The first-order chi connectivity index (χ1) is 40.1. The zero-order chi connectivity index (χ0) is 59.0. The Morgan fingerprint density at radius 2 is 0.512 bits per heavy atom. The molecule has 84 heavy (non-hydrogen) atoms. The average molecular weight is 1170 g/mol. The molecule has 0 radical (unpaired) electrons. The standard InChI is InChI=1S/C76H74F2N2Si4/c1-81(2,3)71-35-23-19-31-55(71)61-47-65(77)69(49-63(61)57-33-21-25-37-73(57)83(7,8)9)79(53-27-15-13-16-28-53)67-45-41-51-40-44-60-68(46-42-52-39-43-59(67)75(51)76(52)60)80(54-29-17-14-18-30-54)70-50-64(58-34-22-26-38-74(58)84(10,11)12)62(48-66(70)78)56-32-20-24-36-72(56)82(4,5)6/h13-50H,1-12H3. The van der Waals surface area contributed by atoms with Gasteiger partial charge in [0.05, 0.1) is 55.0 Å². The molecule has 0 fully saturated rings. The lowest BCUT2D eigenvalue weighted by Crippen LogP contribution is -2.39. The predicted molar refractivity (Wildman–Crippen MR) is 373 cm³/mol. The van der Waals surface area contributed by atoms with Gasteiger partial charge in [0.1, 0.15) is 11.6 Å². The van der Waals surface area contributed by atoms with Crippen molar-refractivity contribution in [2.75, 3.05) is 9.80 Å². The Labute approximate surface area is 500 Å². The minimum atomic E-state index is -1.93. The summed E-state index contributed by atoms with van der Waals surface area (Å²) in [6.45, 7) is 28.6. The van der Waals surface area contributed by atoms with Crippen LogP contribution in [-0.4, -0.2) is 32.3 Å². The Morgan fingerprint density at radius 3 is 0.810 bits per heavy atom. The van der Waals surface area contributed by atoms with Crippen LogP contribution in [0, 0.1) is 11.6 Å². The molecule has 2 nitrogen and oxygen atoms in total. The van der Waals surface area contributed by atoms with Crippen molar-refractivity contribution in [3.8, 4) is 44.5 Å². The number of para-hydroxylation sites is 2. The van der Waals surface area contributed by atoms with E-state index in [9.17, 15) is 0 Å². The van der Waals surface area contributed by atoms with Crippen molar-refractivity contribution in [1.82, 2.24) is 0 Å². The second-order valence-corrected chi connectivity index (χ2v) is 47.0. The summed E-state index contributed by atoms with van der Waals surface area (Å²) in [5, 5.41) is 11.5. The van der Waals surface area contributed by atoms with Crippen LogP contribution >= 0.6 is 0 Å². The van der Waals surface area contributed by atoms with E-state index in [1.54, 1.807) is 0 Å². The summed E-state index contributed by atoms with van der Waals surface area (Å²) in [6, 6.07) is 80.8. The van der Waals surface area contributed by atoms with Gasteiger partial charge in [0.15, 0.2) is 0 Å². The molecule has 0 bridgehead atoms. The highest BCUT2D eigenvalue weighted by Gasteiger charge is 2.32. The van der Waals surface area contributed by atoms with Crippen LogP contribution in [0.4, 0.5) is 42.9 Å². The quantitative estimate of drug-likeness (QED) is 0.0791. The lowest BCUT2D eigenvalue weighted by Gasteiger charge is -2.31. The molecule has 0 unspecified atom stereocenters. The smallest absolute Gasteiger partial charge is 0.147 e. The summed E-state index contributed by atoms with van der Waals surface area (Å²) >= 11 is 0. The summed E-state index contributed by atoms with van der Waals surface area (Å²) in [5.41, 5.74) is 12.7. The van der Waals surface area contributed by atoms with Crippen LogP contribution in [-0.2, 0) is 0 Å². The number of hydrogen-bond donors (Lipinski definition) is 0. The van der Waals surface area contributed by atoms with E-state index in [2.05, 4.69) is 270 Å². The highest BCUT2D eigenvalue weighted by molar-refractivity contribution is 6.91. The minimum Gasteiger partial charge on any atom is -0.307 e. The Morgan fingerprint density at radius 1 is 0.250 bits per heavy atom. The third-order valence-electron chi connectivity index (χ3n) is 16.9. The Hall–Kier alpha value is -7.99. The second kappa shape index (κ2) is 21.6. The molecule has 0 aliphatic heterocycles. The molecule has 0 aliphatic carbocycles. The van der Waals surface area contributed by atoms with Crippen molar-refractivity contribution < 1.29 is 8.78 Å². The number of benzene rings is 12. The molecular formula is C76H74F2N2Si4. The van der Waals surface area contributed by atoms with Crippen molar-refractivity contribution in [3.63, 3.8) is 0 Å². The summed E-state index contributed by atoms with van der Waals surface area (Å²) in [7, 11) is -7.66. The van der Waals surface area contributed by atoms with Gasteiger partial charge in [0.2, 0.25) is 0 Å². The Balaban J connectivity index is 1.12. The summed E-state index contributed by atoms with van der Waals surface area (Å²) in [6.07, 6.45) is 0. The van der Waals surface area contributed by atoms with E-state index < -0.39 is 32.3 Å². The molecule has 0 saturated carbocycles. The third kappa shape index (κ3) is 10.3. The fourth-order valence-electron chi connectivity index (χ4n) is 13.0. The van der Waals surface area contributed by atoms with Crippen molar-refractivity contribution in [3.05, 3.63) is 242 Å². The van der Waals surface area contributed by atoms with Gasteiger partial charge in [-0.1, -0.05) is 269 Å². The predicted octanol–water partition coefficient (Wildman–Crippen LogP) is 20.7. The first kappa shape index (κ1) is 56.5. The number of hydrogen-bond acceptors (Lipinski definition) is 2. The Kier molecular flexibility index (Phi) is 14.5. The highest BCUT2D eigenvalue weighted by atomic mass is 28.3. The van der Waals surface area contributed by atoms with Crippen LogP contribution < -0.4 is 30.5 Å². The first-order valence-corrected chi connectivity index (χ1v) is 43.6. The Bertz CT molecular complexity index is 4170. The lowest BCUT2D eigenvalue weighted by molar-refractivity contribution is 0.629. The topological polar surface area (TPSA) is 6.48 Å². The van der Waals surface area contributed by atoms with Crippen molar-refractivity contribution in [1.29, 1.82) is 0 Å². The van der Waals surface area contributed by atoms with Gasteiger partial charge in [-0.25, -0.2) is 8.78 Å². The van der Waals surface area contributed by atoms with Crippen LogP contribution in [0.25, 0.3) is 76.8 Å². The zero-order valence-corrected chi connectivity index (χ0v) is 54.6. The van der Waals surface area contributed by atoms with Gasteiger partial charge >= 0.3 is 0 Å². The maximum absolute atomic E-state index is 18.3. The largest absolute Gasteiger partial charge is 0.307 e. The van der Waals surface area contributed by atoms with Crippen LogP contribution in [0.15, 0.2) is 231 Å². The molecule has 0 heterocycles. The minimum absolute atomic E-state index is 0.302. The number of halogens is 2. The van der Waals surface area contributed by atoms with Gasteiger partial charge in [-0.2, -0.15) is 0 Å². The molecule has 418 valence electrons. The van der Waals surface area contributed by atoms with E-state index in [0.29, 0.717) is 11.4 Å². The van der Waals surface area contributed by atoms with Crippen molar-refractivity contribution in [2.45, 2.75) is 78.6 Å². The maximum Gasteiger partial charge on any atom is 0.147 e. The monoisotopic (exact) mass is 1160 g/mol. The number of anilines is 6. The number of rotatable bonds is 14. The third-order valence-corrected chi connectivity index (χ3v) is 25.1. The first-order valence-electron chi connectivity index (χ1n) is 29.6. The second-order valence-electron chi connectivity index (χ2n) is 26.8. The maximum atomic E-state index is 18.3. The molecule has 0 amide bonds. The molecule has 0 atom stereocenters. The van der Waals surface area contributed by atoms with Crippen LogP contribution in [0.1, 0.15) is 0 Å². The van der Waals surface area contributed by atoms with E-state index in [1.807, 2.05) is 48.5 Å². The van der Waals surface area contributed by atoms with Gasteiger partial charge in [0, 0.05) is 22.1 Å². The molecule has 0 aromatic heterocycles. The fraction of sp³-hybridized carbons (Fsp3) is 0.158. The van der Waals surface area contributed by atoms with E-state index in [0.717, 1.165) is 99.6 Å². The van der Waals surface area contributed by atoms with Gasteiger partial charge in [-0.15, -0.1) is 0 Å². The van der Waals surface area contributed by atoms with Crippen LogP contribution in [0.2, 0.25) is 78.6 Å². The molecule has 12 aromatic rings. The van der Waals surface area contributed by atoms with Gasteiger partial charge < -0.3 is 9.80 Å². The van der Waals surface area contributed by atoms with E-state index >= 15 is 8.78 Å². The number of nitrogens with zero attached hydrogens (tertiary/aromatic N) is 2. The van der Waals surface area contributed by atoms with Crippen LogP contribution in [0.5, 0.6) is 0 Å². The normalized spacial score (nSPS) is 12.4. The molecule has 12 aromatic carbocycles. The fourth-order valence-corrected chi connectivity index (χ4v) is 19.5. The van der Waals surface area contributed by atoms with E-state index in [1.165, 1.54) is 20.7 Å². The molecular weight excluding hydrogens is 1090 g/mol. The molecule has 0 N–H and O–H groups in total. The highest BCUT2D eigenvalue weighted by Crippen LogP contribution is 2.50. The molecule has 0 spiro atoms. The molecule has 8 heteroatoms. The summed E-state index contributed by atoms with van der Waals surface area (Å²) in [5.74, 6) is -0.604. The SMILES string of the molecule is C[Si](C)(C)c1ccccc1-c1cc(F)c(N(c2ccccc2)c2ccc3ccc4c(N(c5ccccc5)c5cc(-c6ccccc6[Si](C)(C)C)c(-c6ccccc6[Si](C)(C)C)cc5F)ccc5ccc2c3c54)cc1-c1ccccc1[Si](C)(C)C. The van der Waals surface area contributed by atoms with Crippen molar-refractivity contribution in [2.24, 2.45) is 0 Å². The zero-order valence-electron chi connectivity index (χ0n) is 50.6. The van der Waals surface area contributed by atoms with Gasteiger partial charge in [-0.05, 0) is 127 Å². The average Bonchev–Trinajstić information content (AvgIpc) is 1.56. The lowest BCUT2D eigenvalue weighted by atomic mass is 9.90. The summed E-state index contributed by atoms with van der Waals surface area (Å²) < 4.78 is 36.5. The molecule has 0 saturated heterocycles. The molecule has 0 aliphatic rings. The van der Waals surface area contributed by atoms with Crippen LogP contribution in [0.3, 0.4) is 0 Å². The van der Waals surface area contributed by atoms with Gasteiger partial charge in [-0.3, -0.25) is 0 Å².